The summed E-state index contributed by atoms with van der Waals surface area (Å²) in [5.41, 5.74) is 1.37. The van der Waals surface area contributed by atoms with Crippen LogP contribution in [0.3, 0.4) is 0 Å². The zero-order chi connectivity index (χ0) is 41.5. The number of rotatable bonds is 3. The topological polar surface area (TPSA) is 26.3 Å². The lowest BCUT2D eigenvalue weighted by Gasteiger charge is -2.19. The minimum absolute atomic E-state index is 0.0129. The van der Waals surface area contributed by atoms with Gasteiger partial charge in [-0.15, -0.1) is 0 Å². The van der Waals surface area contributed by atoms with E-state index < -0.39 is 60.4 Å². The van der Waals surface area contributed by atoms with Gasteiger partial charge in [-0.05, 0) is 85.1 Å². The van der Waals surface area contributed by atoms with Gasteiger partial charge in [0.05, 0.1) is 17.8 Å². The Morgan fingerprint density at radius 2 is 0.870 bits per heavy atom. The average molecular weight is 600 g/mol. The number of fused-ring (bicyclic) bond motifs is 8. The summed E-state index contributed by atoms with van der Waals surface area (Å²) in [4.78, 5) is 0. The molecule has 0 spiro atoms. The van der Waals surface area contributed by atoms with E-state index >= 15 is 0 Å². The van der Waals surface area contributed by atoms with Crippen molar-refractivity contribution < 1.29 is 26.7 Å². The van der Waals surface area contributed by atoms with Gasteiger partial charge in [-0.25, -0.2) is 0 Å². The number of furan rings is 2. The second-order valence-electron chi connectivity index (χ2n) is 11.0. The standard InChI is InChI=1S/C44H26O2/c1-2-13-27(14-3-1)28-25-36(44-34-20-9-11-23-38(34)46-40(44)26-28)42-31-17-6-4-15-29(31)41(30-16-5-7-18-32(30)42)35-21-12-24-39-43(35)33-19-8-10-22-37(33)45-39/h1-26H/i8D,9D,10D,11D,12D,19D,20D,21D,22D,23D,24D,25D,26D. The lowest BCUT2D eigenvalue weighted by atomic mass is 9.83. The van der Waals surface area contributed by atoms with Gasteiger partial charge in [0.2, 0.25) is 0 Å². The van der Waals surface area contributed by atoms with Crippen molar-refractivity contribution in [3.05, 3.63) is 157 Å². The molecule has 0 aliphatic heterocycles. The van der Waals surface area contributed by atoms with Crippen LogP contribution in [0, 0.1) is 0 Å². The van der Waals surface area contributed by atoms with Gasteiger partial charge in [-0.3, -0.25) is 0 Å². The monoisotopic (exact) mass is 599 g/mol. The van der Waals surface area contributed by atoms with Gasteiger partial charge >= 0.3 is 0 Å². The highest BCUT2D eigenvalue weighted by molar-refractivity contribution is 6.28. The Labute approximate surface area is 283 Å². The van der Waals surface area contributed by atoms with E-state index in [-0.39, 0.29) is 78.7 Å². The summed E-state index contributed by atoms with van der Waals surface area (Å²) in [7, 11) is 0. The normalized spacial score (nSPS) is 15.9. The Kier molecular flexibility index (Phi) is 3.32. The van der Waals surface area contributed by atoms with Crippen molar-refractivity contribution in [1.29, 1.82) is 0 Å². The maximum atomic E-state index is 9.98. The molecule has 214 valence electrons. The molecule has 10 aromatic rings. The van der Waals surface area contributed by atoms with E-state index in [1.165, 1.54) is 0 Å². The Morgan fingerprint density at radius 1 is 0.370 bits per heavy atom. The molecule has 0 N–H and O–H groups in total. The van der Waals surface area contributed by atoms with Gasteiger partial charge in [0.15, 0.2) is 0 Å². The van der Waals surface area contributed by atoms with Gasteiger partial charge in [-0.2, -0.15) is 0 Å². The highest BCUT2D eigenvalue weighted by Crippen LogP contribution is 2.49. The molecule has 0 aliphatic carbocycles. The molecule has 10 rings (SSSR count). The number of hydrogen-bond donors (Lipinski definition) is 0. The molecule has 0 unspecified atom stereocenters. The molecule has 8 aromatic carbocycles. The first kappa shape index (κ1) is 15.7. The number of hydrogen-bond acceptors (Lipinski definition) is 2. The summed E-state index contributed by atoms with van der Waals surface area (Å²) in [5.74, 6) is 0. The summed E-state index contributed by atoms with van der Waals surface area (Å²) in [6, 6.07) is 17.8. The van der Waals surface area contributed by atoms with E-state index in [0.717, 1.165) is 0 Å². The molecule has 0 aliphatic rings. The minimum Gasteiger partial charge on any atom is -0.456 e. The first-order valence-corrected chi connectivity index (χ1v) is 14.6. The molecule has 2 aromatic heterocycles. The second-order valence-corrected chi connectivity index (χ2v) is 11.0. The molecule has 0 radical (unpaired) electrons. The summed E-state index contributed by atoms with van der Waals surface area (Å²) in [5, 5.41) is 2.25. The predicted molar refractivity (Wildman–Crippen MR) is 192 cm³/mol. The van der Waals surface area contributed by atoms with Crippen molar-refractivity contribution in [2.45, 2.75) is 0 Å². The van der Waals surface area contributed by atoms with E-state index in [1.54, 1.807) is 72.8 Å². The molecule has 0 amide bonds. The Balaban J connectivity index is 1.47. The fourth-order valence-corrected chi connectivity index (χ4v) is 6.63. The Morgan fingerprint density at radius 3 is 1.50 bits per heavy atom. The van der Waals surface area contributed by atoms with Crippen LogP contribution in [0.15, 0.2) is 166 Å². The number of para-hydroxylation sites is 2. The van der Waals surface area contributed by atoms with Crippen LogP contribution in [0.25, 0.3) is 98.8 Å². The zero-order valence-corrected chi connectivity index (χ0v) is 23.8. The van der Waals surface area contributed by atoms with Crippen LogP contribution in [-0.2, 0) is 0 Å². The third kappa shape index (κ3) is 3.59. The molecule has 2 nitrogen and oxygen atoms in total. The van der Waals surface area contributed by atoms with Crippen molar-refractivity contribution in [2.24, 2.45) is 0 Å². The van der Waals surface area contributed by atoms with Gasteiger partial charge in [-0.1, -0.05) is 127 Å². The minimum atomic E-state index is -0.533. The van der Waals surface area contributed by atoms with Gasteiger partial charge < -0.3 is 8.83 Å². The molecule has 0 fully saturated rings. The first-order valence-electron chi connectivity index (χ1n) is 21.1. The van der Waals surface area contributed by atoms with E-state index in [2.05, 4.69) is 0 Å². The van der Waals surface area contributed by atoms with Crippen molar-refractivity contribution in [2.75, 3.05) is 0 Å². The van der Waals surface area contributed by atoms with E-state index in [1.807, 2.05) is 6.07 Å². The van der Waals surface area contributed by atoms with Crippen LogP contribution in [0.2, 0.25) is 0 Å². The Hall–Kier alpha value is -6.12. The molecule has 2 heteroatoms. The van der Waals surface area contributed by atoms with Gasteiger partial charge in [0.1, 0.15) is 22.3 Å². The van der Waals surface area contributed by atoms with Crippen LogP contribution >= 0.6 is 0 Å². The molecule has 0 atom stereocenters. The third-order valence-electron chi connectivity index (χ3n) is 8.51. The maximum Gasteiger partial charge on any atom is 0.136 e. The summed E-state index contributed by atoms with van der Waals surface area (Å²) in [6.07, 6.45) is 0. The summed E-state index contributed by atoms with van der Waals surface area (Å²) < 4.78 is 128. The molecule has 0 saturated carbocycles. The average Bonchev–Trinajstić information content (AvgIpc) is 3.85. The molecule has 0 bridgehead atoms. The quantitative estimate of drug-likeness (QED) is 0.189. The van der Waals surface area contributed by atoms with Crippen LogP contribution in [0.1, 0.15) is 17.8 Å². The van der Waals surface area contributed by atoms with E-state index in [9.17, 15) is 4.11 Å². The fourth-order valence-electron chi connectivity index (χ4n) is 6.63. The lowest BCUT2D eigenvalue weighted by Crippen LogP contribution is -1.92. The zero-order valence-electron chi connectivity index (χ0n) is 36.8. The van der Waals surface area contributed by atoms with Crippen LogP contribution in [-0.4, -0.2) is 0 Å². The van der Waals surface area contributed by atoms with Crippen LogP contribution in [0.5, 0.6) is 0 Å². The van der Waals surface area contributed by atoms with E-state index in [4.69, 9.17) is 22.5 Å². The predicted octanol–water partition coefficient (Wildman–Crippen LogP) is 12.8. The molecular weight excluding hydrogens is 560 g/mol. The van der Waals surface area contributed by atoms with Crippen LogP contribution in [0.4, 0.5) is 0 Å². The van der Waals surface area contributed by atoms with Gasteiger partial charge in [0.25, 0.3) is 0 Å². The second kappa shape index (κ2) is 9.69. The first-order chi connectivity index (χ1) is 28.3. The molecular formula is C44H26O2. The summed E-state index contributed by atoms with van der Waals surface area (Å²) in [6.45, 7) is 0. The smallest absolute Gasteiger partial charge is 0.136 e. The molecule has 0 saturated heterocycles. The molecule has 2 heterocycles. The fraction of sp³-hybridized carbons (Fsp3) is 0. The van der Waals surface area contributed by atoms with Crippen molar-refractivity contribution in [3.8, 4) is 33.4 Å². The van der Waals surface area contributed by atoms with Crippen molar-refractivity contribution >= 4 is 65.4 Å². The van der Waals surface area contributed by atoms with Gasteiger partial charge in [0, 0.05) is 21.5 Å². The maximum absolute atomic E-state index is 9.98. The largest absolute Gasteiger partial charge is 0.456 e. The van der Waals surface area contributed by atoms with E-state index in [0.29, 0.717) is 38.2 Å². The highest BCUT2D eigenvalue weighted by Gasteiger charge is 2.23. The number of benzene rings is 8. The van der Waals surface area contributed by atoms with Crippen molar-refractivity contribution in [3.63, 3.8) is 0 Å². The third-order valence-corrected chi connectivity index (χ3v) is 8.51. The molecule has 46 heavy (non-hydrogen) atoms. The van der Waals surface area contributed by atoms with Crippen LogP contribution < -0.4 is 0 Å². The summed E-state index contributed by atoms with van der Waals surface area (Å²) >= 11 is 0. The Bertz CT molecular complexity index is 3480. The highest BCUT2D eigenvalue weighted by atomic mass is 16.3. The van der Waals surface area contributed by atoms with Crippen molar-refractivity contribution in [1.82, 2.24) is 0 Å². The lowest BCUT2D eigenvalue weighted by molar-refractivity contribution is 0.668. The SMILES string of the molecule is [2H]c1c([2H])c([2H])c2c(oc3c([2H])c([2H])c([2H])c(-c4c5ccccc5c(-c5c([2H])c(-c6ccccc6)c([2H])c6oc7c([2H])c([2H])c([2H])c([2H])c7c56)c5ccccc45)c32)c1[2H].